The topological polar surface area (TPSA) is 209 Å². The molecular weight excluding hydrogens is 610 g/mol. The zero-order valence-corrected chi connectivity index (χ0v) is 27.5. The molecule has 0 aromatic carbocycles. The molecule has 1 unspecified atom stereocenters. The van der Waals surface area contributed by atoms with Crippen LogP contribution < -0.4 is 26.6 Å². The minimum Gasteiger partial charge on any atom is -0.480 e. The van der Waals surface area contributed by atoms with Crippen molar-refractivity contribution in [2.75, 3.05) is 13.2 Å². The molecule has 0 heterocycles. The van der Waals surface area contributed by atoms with Gasteiger partial charge in [0.15, 0.2) is 0 Å². The van der Waals surface area contributed by atoms with Gasteiger partial charge in [-0.1, -0.05) is 58.8 Å². The molecule has 4 fully saturated rings. The normalized spacial score (nSPS) is 20.6. The Bertz CT molecular complexity index is 1170. The fraction of sp³-hybridized carbons (Fsp3) is 0.788. The maximum Gasteiger partial charge on any atom is 0.407 e. The van der Waals surface area contributed by atoms with Gasteiger partial charge >= 0.3 is 12.1 Å². The van der Waals surface area contributed by atoms with Gasteiger partial charge in [-0.25, -0.2) is 9.59 Å². The van der Waals surface area contributed by atoms with Crippen LogP contribution in [0.2, 0.25) is 0 Å². The van der Waals surface area contributed by atoms with Gasteiger partial charge in [0.1, 0.15) is 18.1 Å². The number of hydrogen-bond donors (Lipinski definition) is 6. The minimum absolute atomic E-state index is 0.111. The number of carboxylic acid groups (broad SMARTS) is 1. The summed E-state index contributed by atoms with van der Waals surface area (Å²) in [5, 5.41) is 22.3. The van der Waals surface area contributed by atoms with Crippen LogP contribution in [0.1, 0.15) is 97.3 Å². The number of hydrogen-bond acceptors (Lipinski definition) is 8. The third-order valence-corrected chi connectivity index (χ3v) is 9.33. The molecule has 5 amide bonds. The maximum absolute atomic E-state index is 13.7. The van der Waals surface area contributed by atoms with Gasteiger partial charge in [0.05, 0.1) is 19.2 Å². The summed E-state index contributed by atoms with van der Waals surface area (Å²) < 4.78 is 5.29. The Morgan fingerprint density at radius 2 is 1.26 bits per heavy atom. The molecule has 4 aliphatic carbocycles. The van der Waals surface area contributed by atoms with E-state index in [1.54, 1.807) is 0 Å². The van der Waals surface area contributed by atoms with Crippen LogP contribution in [0.3, 0.4) is 0 Å². The smallest absolute Gasteiger partial charge is 0.407 e. The first-order chi connectivity index (χ1) is 22.4. The number of alkyl carbamates (subject to hydrolysis) is 1. The van der Waals surface area contributed by atoms with E-state index >= 15 is 0 Å². The molecular formula is C33H51N5O9. The number of carbonyl (C=O) groups is 7. The molecule has 0 radical (unpaired) electrons. The molecule has 262 valence electrons. The highest BCUT2D eigenvalue weighted by molar-refractivity contribution is 6.38. The van der Waals surface area contributed by atoms with Gasteiger partial charge in [-0.15, -0.1) is 0 Å². The molecule has 0 aromatic rings. The SMILES string of the molecule is CC(C)COC(=O)N[C@H](C(=O)N[C@@H](CC1CC1)C(=O)NC(CC1CC1)C(=O)C(=O)NCC(=O)N[C@H](C(=O)O)C1CC1)C1CCCCC1. The zero-order chi connectivity index (χ0) is 34.1. The van der Waals surface area contributed by atoms with E-state index in [-0.39, 0.29) is 42.6 Å². The molecule has 0 saturated heterocycles. The number of aliphatic carboxylic acids is 1. The van der Waals surface area contributed by atoms with E-state index < -0.39 is 72.2 Å². The average molecular weight is 662 g/mol. The molecule has 4 aliphatic rings. The first-order valence-electron chi connectivity index (χ1n) is 17.3. The third kappa shape index (κ3) is 12.1. The van der Waals surface area contributed by atoms with Gasteiger partial charge in [0.2, 0.25) is 23.5 Å². The van der Waals surface area contributed by atoms with E-state index in [0.29, 0.717) is 19.3 Å². The summed E-state index contributed by atoms with van der Waals surface area (Å²) in [4.78, 5) is 89.7. The van der Waals surface area contributed by atoms with E-state index in [2.05, 4.69) is 26.6 Å². The van der Waals surface area contributed by atoms with E-state index in [1.165, 1.54) is 0 Å². The molecule has 14 heteroatoms. The van der Waals surface area contributed by atoms with Gasteiger partial charge in [-0.3, -0.25) is 24.0 Å². The summed E-state index contributed by atoms with van der Waals surface area (Å²) in [6, 6.07) is -4.07. The van der Waals surface area contributed by atoms with Crippen LogP contribution >= 0.6 is 0 Å². The maximum atomic E-state index is 13.7. The Morgan fingerprint density at radius 3 is 1.81 bits per heavy atom. The number of carboxylic acids is 1. The Morgan fingerprint density at radius 1 is 0.681 bits per heavy atom. The highest BCUT2D eigenvalue weighted by atomic mass is 16.5. The second-order valence-electron chi connectivity index (χ2n) is 14.3. The molecule has 4 saturated carbocycles. The summed E-state index contributed by atoms with van der Waals surface area (Å²) in [6.45, 7) is 3.44. The number of rotatable bonds is 19. The van der Waals surface area contributed by atoms with Gasteiger partial charge in [-0.2, -0.15) is 0 Å². The molecule has 0 bridgehead atoms. The first-order valence-corrected chi connectivity index (χ1v) is 17.3. The van der Waals surface area contributed by atoms with Crippen molar-refractivity contribution in [1.29, 1.82) is 0 Å². The lowest BCUT2D eigenvalue weighted by Crippen LogP contribution is -2.58. The van der Waals surface area contributed by atoms with Crippen molar-refractivity contribution in [3.05, 3.63) is 0 Å². The van der Waals surface area contributed by atoms with Crippen molar-refractivity contribution in [1.82, 2.24) is 26.6 Å². The Hall–Kier alpha value is -3.71. The molecule has 0 aliphatic heterocycles. The van der Waals surface area contributed by atoms with Crippen LogP contribution in [0.15, 0.2) is 0 Å². The van der Waals surface area contributed by atoms with E-state index in [1.807, 2.05) is 13.8 Å². The van der Waals surface area contributed by atoms with Crippen LogP contribution in [0.5, 0.6) is 0 Å². The van der Waals surface area contributed by atoms with Crippen molar-refractivity contribution in [2.24, 2.45) is 29.6 Å². The lowest BCUT2D eigenvalue weighted by molar-refractivity contribution is -0.143. The van der Waals surface area contributed by atoms with Crippen LogP contribution in [0, 0.1) is 29.6 Å². The fourth-order valence-corrected chi connectivity index (χ4v) is 6.09. The number of nitrogens with one attached hydrogen (secondary N) is 5. The van der Waals surface area contributed by atoms with Crippen LogP contribution in [-0.2, 0) is 33.5 Å². The Labute approximate surface area is 275 Å². The van der Waals surface area contributed by atoms with Gasteiger partial charge in [0.25, 0.3) is 5.91 Å². The summed E-state index contributed by atoms with van der Waals surface area (Å²) in [5.41, 5.74) is 0. The standard InChI is InChI=1S/C33H51N5O9/c1-18(2)17-47-33(46)38-26(21-6-4-3-5-7-21)30(42)36-24(15-20-10-11-20)29(41)35-23(14-19-8-9-19)28(40)31(43)34-16-25(39)37-27(32(44)45)22-12-13-22/h18-24,26-27H,3-17H2,1-2H3,(H,34,43)(H,35,41)(H,36,42)(H,37,39)(H,38,46)(H,44,45)/t23?,24-,26-,27-/m0/s1. The van der Waals surface area contributed by atoms with E-state index in [4.69, 9.17) is 4.74 Å². The largest absolute Gasteiger partial charge is 0.480 e. The van der Waals surface area contributed by atoms with Gasteiger partial charge in [0, 0.05) is 0 Å². The number of Topliss-reactive ketones (excluding diaryl/α,β-unsaturated/α-hetero) is 1. The highest BCUT2D eigenvalue weighted by Gasteiger charge is 2.40. The van der Waals surface area contributed by atoms with Crippen molar-refractivity contribution >= 4 is 41.5 Å². The molecule has 4 rings (SSSR count). The highest BCUT2D eigenvalue weighted by Crippen LogP contribution is 2.35. The van der Waals surface area contributed by atoms with Crippen LogP contribution in [-0.4, -0.2) is 83.9 Å². The van der Waals surface area contributed by atoms with E-state index in [9.17, 15) is 38.7 Å². The second-order valence-corrected chi connectivity index (χ2v) is 14.3. The molecule has 6 N–H and O–H groups in total. The summed E-state index contributed by atoms with van der Waals surface area (Å²) in [6.07, 6.45) is 9.23. The summed E-state index contributed by atoms with van der Waals surface area (Å²) in [5.74, 6) is -4.69. The van der Waals surface area contributed by atoms with Gasteiger partial charge < -0.3 is 36.4 Å². The number of amides is 5. The molecule has 4 atom stereocenters. The Kier molecular flexibility index (Phi) is 13.0. The van der Waals surface area contributed by atoms with Crippen LogP contribution in [0.25, 0.3) is 0 Å². The number of ether oxygens (including phenoxy) is 1. The molecule has 47 heavy (non-hydrogen) atoms. The predicted octanol–water partition coefficient (Wildman–Crippen LogP) is 1.55. The van der Waals surface area contributed by atoms with Crippen LogP contribution in [0.4, 0.5) is 4.79 Å². The fourth-order valence-electron chi connectivity index (χ4n) is 6.09. The first kappa shape index (κ1) is 36.1. The van der Waals surface area contributed by atoms with Gasteiger partial charge in [-0.05, 0) is 68.1 Å². The average Bonchev–Trinajstić information content (AvgIpc) is 3.87. The molecule has 0 aromatic heterocycles. The minimum atomic E-state index is -1.16. The second kappa shape index (κ2) is 16.9. The van der Waals surface area contributed by atoms with Crippen molar-refractivity contribution in [3.63, 3.8) is 0 Å². The Balaban J connectivity index is 1.37. The lowest BCUT2D eigenvalue weighted by atomic mass is 9.83. The van der Waals surface area contributed by atoms with Crippen molar-refractivity contribution in [2.45, 2.75) is 121 Å². The number of ketones is 1. The third-order valence-electron chi connectivity index (χ3n) is 9.33. The lowest BCUT2D eigenvalue weighted by Gasteiger charge is -2.31. The monoisotopic (exact) mass is 661 g/mol. The summed E-state index contributed by atoms with van der Waals surface area (Å²) in [7, 11) is 0. The zero-order valence-electron chi connectivity index (χ0n) is 27.5. The molecule has 14 nitrogen and oxygen atoms in total. The van der Waals surface area contributed by atoms with Crippen molar-refractivity contribution in [3.8, 4) is 0 Å². The molecule has 0 spiro atoms. The van der Waals surface area contributed by atoms with Crippen molar-refractivity contribution < 1.29 is 43.4 Å². The quantitative estimate of drug-likeness (QED) is 0.111. The predicted molar refractivity (Wildman–Crippen MR) is 169 cm³/mol. The summed E-state index contributed by atoms with van der Waals surface area (Å²) >= 11 is 0. The number of carbonyl (C=O) groups excluding carboxylic acids is 6. The van der Waals surface area contributed by atoms with E-state index in [0.717, 1.165) is 57.8 Å².